The van der Waals surface area contributed by atoms with Crippen LogP contribution in [0.5, 0.6) is 0 Å². The smallest absolute Gasteiger partial charge is 0.323 e. The highest BCUT2D eigenvalue weighted by Crippen LogP contribution is 2.27. The molecule has 1 heterocycles. The van der Waals surface area contributed by atoms with Crippen molar-refractivity contribution in [3.8, 4) is 0 Å². The summed E-state index contributed by atoms with van der Waals surface area (Å²) in [5.41, 5.74) is -0.429. The highest BCUT2D eigenvalue weighted by atomic mass is 32.2. The molecule has 0 bridgehead atoms. The van der Waals surface area contributed by atoms with Gasteiger partial charge in [-0.05, 0) is 31.9 Å². The number of sulfone groups is 1. The van der Waals surface area contributed by atoms with Crippen molar-refractivity contribution in [2.24, 2.45) is 5.92 Å². The molecule has 1 fully saturated rings. The lowest BCUT2D eigenvalue weighted by molar-refractivity contribution is -0.137. The molecule has 1 aromatic rings. The molecule has 132 valence electrons. The Morgan fingerprint density at radius 2 is 1.71 bits per heavy atom. The van der Waals surface area contributed by atoms with Crippen molar-refractivity contribution in [2.75, 3.05) is 23.0 Å². The molecule has 1 saturated heterocycles. The monoisotopic (exact) mass is 361 g/mol. The van der Waals surface area contributed by atoms with Crippen molar-refractivity contribution in [1.82, 2.24) is 0 Å². The van der Waals surface area contributed by atoms with Crippen LogP contribution in [0.2, 0.25) is 0 Å². The molecule has 1 amide bonds. The average Bonchev–Trinajstić information content (AvgIpc) is 2.49. The van der Waals surface area contributed by atoms with Crippen LogP contribution in [0.4, 0.5) is 14.5 Å². The third-order valence-electron chi connectivity index (χ3n) is 4.04. The molecule has 24 heavy (non-hydrogen) atoms. The van der Waals surface area contributed by atoms with Crippen LogP contribution in [0.3, 0.4) is 0 Å². The average molecular weight is 361 g/mol. The minimum atomic E-state index is -3.19. The summed E-state index contributed by atoms with van der Waals surface area (Å²) in [5, 5.41) is 8.99. The molecule has 0 aromatic heterocycles. The van der Waals surface area contributed by atoms with Crippen molar-refractivity contribution in [1.29, 1.82) is 0 Å². The number of aliphatic carboxylic acids is 1. The maximum absolute atomic E-state index is 13.7. The van der Waals surface area contributed by atoms with Crippen molar-refractivity contribution >= 4 is 27.4 Å². The number of carbonyl (C=O) groups excluding carboxylic acids is 1. The van der Waals surface area contributed by atoms with Gasteiger partial charge in [-0.3, -0.25) is 9.59 Å². The van der Waals surface area contributed by atoms with Gasteiger partial charge in [-0.15, -0.1) is 0 Å². The van der Waals surface area contributed by atoms with Crippen LogP contribution in [0.15, 0.2) is 12.1 Å². The number of hydrogen-bond donors (Lipinski definition) is 1. The van der Waals surface area contributed by atoms with E-state index in [1.54, 1.807) is 0 Å². The van der Waals surface area contributed by atoms with E-state index in [9.17, 15) is 26.8 Å². The van der Waals surface area contributed by atoms with Gasteiger partial charge in [0.15, 0.2) is 0 Å². The summed E-state index contributed by atoms with van der Waals surface area (Å²) in [6.45, 7) is 0.466. The number of rotatable bonds is 4. The van der Waals surface area contributed by atoms with Gasteiger partial charge in [0.1, 0.15) is 28.0 Å². The van der Waals surface area contributed by atoms with E-state index in [1.807, 2.05) is 0 Å². The molecule has 0 saturated carbocycles. The highest BCUT2D eigenvalue weighted by Gasteiger charge is 2.33. The molecule has 1 aliphatic rings. The zero-order valence-electron chi connectivity index (χ0n) is 13.0. The summed E-state index contributed by atoms with van der Waals surface area (Å²) in [7, 11) is -3.19. The van der Waals surface area contributed by atoms with Crippen molar-refractivity contribution in [3.63, 3.8) is 0 Å². The third kappa shape index (κ3) is 4.08. The number of halogens is 2. The van der Waals surface area contributed by atoms with Crippen LogP contribution >= 0.6 is 0 Å². The standard InChI is InChI=1S/C15H17F2NO5S/c1-9-12(16)6-11(7-13(9)17)18(8-14(19)20)15(21)10-2-4-24(22,23)5-3-10/h6-7,10H,2-5,8H2,1H3,(H,19,20). The maximum atomic E-state index is 13.7. The Hall–Kier alpha value is -2.03. The number of hydrogen-bond acceptors (Lipinski definition) is 4. The summed E-state index contributed by atoms with van der Waals surface area (Å²) in [6, 6.07) is 1.80. The number of nitrogens with zero attached hydrogens (tertiary/aromatic N) is 1. The van der Waals surface area contributed by atoms with E-state index in [4.69, 9.17) is 5.11 Å². The Balaban J connectivity index is 2.32. The van der Waals surface area contributed by atoms with Gasteiger partial charge in [0, 0.05) is 11.5 Å². The minimum absolute atomic E-state index is 0.0636. The Kier molecular flexibility index (Phi) is 5.22. The second-order valence-corrected chi connectivity index (χ2v) is 8.08. The lowest BCUT2D eigenvalue weighted by Crippen LogP contribution is -2.42. The molecular weight excluding hydrogens is 344 g/mol. The number of carboxylic acids is 1. The Morgan fingerprint density at radius 3 is 2.17 bits per heavy atom. The molecule has 0 atom stereocenters. The number of amides is 1. The first-order valence-corrected chi connectivity index (χ1v) is 9.12. The second-order valence-electron chi connectivity index (χ2n) is 5.78. The van der Waals surface area contributed by atoms with Crippen LogP contribution in [0.1, 0.15) is 18.4 Å². The van der Waals surface area contributed by atoms with Gasteiger partial charge >= 0.3 is 5.97 Å². The fourth-order valence-electron chi connectivity index (χ4n) is 2.58. The molecule has 9 heteroatoms. The molecule has 6 nitrogen and oxygen atoms in total. The predicted octanol–water partition coefficient (Wildman–Crippen LogP) is 1.52. The first-order chi connectivity index (χ1) is 11.1. The fourth-order valence-corrected chi connectivity index (χ4v) is 4.07. The molecular formula is C15H17F2NO5S. The molecule has 0 radical (unpaired) electrons. The largest absolute Gasteiger partial charge is 0.480 e. The summed E-state index contributed by atoms with van der Waals surface area (Å²) in [4.78, 5) is 24.4. The zero-order valence-corrected chi connectivity index (χ0v) is 13.8. The van der Waals surface area contributed by atoms with Gasteiger partial charge < -0.3 is 10.0 Å². The second kappa shape index (κ2) is 6.84. The van der Waals surface area contributed by atoms with Gasteiger partial charge in [0.2, 0.25) is 5.91 Å². The molecule has 2 rings (SSSR count). The van der Waals surface area contributed by atoms with E-state index < -0.39 is 45.8 Å². The van der Waals surface area contributed by atoms with Crippen LogP contribution < -0.4 is 4.90 Å². The molecule has 0 aliphatic carbocycles. The van der Waals surface area contributed by atoms with Crippen LogP contribution in [0.25, 0.3) is 0 Å². The van der Waals surface area contributed by atoms with E-state index >= 15 is 0 Å². The Bertz CT molecular complexity index is 741. The molecule has 1 N–H and O–H groups in total. The van der Waals surface area contributed by atoms with Gasteiger partial charge in [-0.1, -0.05) is 0 Å². The normalized spacial score (nSPS) is 17.5. The summed E-state index contributed by atoms with van der Waals surface area (Å²) in [5.74, 6) is -4.79. The summed E-state index contributed by atoms with van der Waals surface area (Å²) in [6.07, 6.45) is 0.127. The van der Waals surface area contributed by atoms with E-state index in [2.05, 4.69) is 0 Å². The maximum Gasteiger partial charge on any atom is 0.323 e. The zero-order chi connectivity index (χ0) is 18.1. The van der Waals surface area contributed by atoms with E-state index in [0.29, 0.717) is 0 Å². The summed E-state index contributed by atoms with van der Waals surface area (Å²) < 4.78 is 50.4. The number of benzene rings is 1. The minimum Gasteiger partial charge on any atom is -0.480 e. The highest BCUT2D eigenvalue weighted by molar-refractivity contribution is 7.91. The Labute approximate surface area is 138 Å². The third-order valence-corrected chi connectivity index (χ3v) is 5.76. The van der Waals surface area contributed by atoms with Gasteiger partial charge in [0.05, 0.1) is 17.2 Å². The van der Waals surface area contributed by atoms with Crippen molar-refractivity contribution in [2.45, 2.75) is 19.8 Å². The van der Waals surface area contributed by atoms with E-state index in [-0.39, 0.29) is 35.6 Å². The van der Waals surface area contributed by atoms with Crippen molar-refractivity contribution < 1.29 is 31.9 Å². The molecule has 1 aromatic carbocycles. The molecule has 0 spiro atoms. The number of carboxylic acid groups (broad SMARTS) is 1. The van der Waals surface area contributed by atoms with E-state index in [0.717, 1.165) is 17.0 Å². The molecule has 0 unspecified atom stereocenters. The SMILES string of the molecule is Cc1c(F)cc(N(CC(=O)O)C(=O)C2CCS(=O)(=O)CC2)cc1F. The summed E-state index contributed by atoms with van der Waals surface area (Å²) >= 11 is 0. The topological polar surface area (TPSA) is 91.8 Å². The molecule has 1 aliphatic heterocycles. The van der Waals surface area contributed by atoms with Crippen LogP contribution in [0, 0.1) is 24.5 Å². The van der Waals surface area contributed by atoms with Crippen LogP contribution in [-0.4, -0.2) is 43.5 Å². The first-order valence-electron chi connectivity index (χ1n) is 7.30. The lowest BCUT2D eigenvalue weighted by Gasteiger charge is -2.28. The van der Waals surface area contributed by atoms with Crippen LogP contribution in [-0.2, 0) is 19.4 Å². The lowest BCUT2D eigenvalue weighted by atomic mass is 10.0. The number of carbonyl (C=O) groups is 2. The first kappa shape index (κ1) is 18.3. The van der Waals surface area contributed by atoms with Crippen molar-refractivity contribution in [3.05, 3.63) is 29.3 Å². The van der Waals surface area contributed by atoms with Gasteiger partial charge in [-0.2, -0.15) is 0 Å². The Morgan fingerprint density at radius 1 is 1.21 bits per heavy atom. The van der Waals surface area contributed by atoms with Gasteiger partial charge in [-0.25, -0.2) is 17.2 Å². The fraction of sp³-hybridized carbons (Fsp3) is 0.467. The van der Waals surface area contributed by atoms with E-state index in [1.165, 1.54) is 6.92 Å². The predicted molar refractivity (Wildman–Crippen MR) is 82.5 cm³/mol. The van der Waals surface area contributed by atoms with Gasteiger partial charge in [0.25, 0.3) is 0 Å². The number of anilines is 1. The quantitative estimate of drug-likeness (QED) is 0.878.